The number of amides is 2. The molecule has 9 heteroatoms. The fourth-order valence-electron chi connectivity index (χ4n) is 3.32. The van der Waals surface area contributed by atoms with Crippen molar-refractivity contribution in [3.8, 4) is 11.3 Å². The summed E-state index contributed by atoms with van der Waals surface area (Å²) in [7, 11) is 0. The maximum absolute atomic E-state index is 13.2. The predicted octanol–water partition coefficient (Wildman–Crippen LogP) is 3.37. The number of carbonyl (C=O) groups is 2. The fourth-order valence-corrected chi connectivity index (χ4v) is 3.32. The molecular weight excluding hydrogens is 418 g/mol. The van der Waals surface area contributed by atoms with Gasteiger partial charge in [-0.3, -0.25) is 9.59 Å². The Morgan fingerprint density at radius 3 is 2.61 bits per heavy atom. The molecule has 0 saturated carbocycles. The van der Waals surface area contributed by atoms with Gasteiger partial charge in [0.05, 0.1) is 22.8 Å². The second kappa shape index (κ2) is 10.1. The fraction of sp³-hybridized carbons (Fsp3) is 0.292. The number of carbonyl (C=O) groups excluding carboxylic acids is 2. The number of aromatic nitrogens is 4. The van der Waals surface area contributed by atoms with Gasteiger partial charge in [0.2, 0.25) is 6.41 Å². The third-order valence-corrected chi connectivity index (χ3v) is 5.29. The molecule has 0 radical (unpaired) electrons. The van der Waals surface area contributed by atoms with Crippen LogP contribution in [0.2, 0.25) is 0 Å². The van der Waals surface area contributed by atoms with Gasteiger partial charge in [-0.25, -0.2) is 14.6 Å². The third-order valence-electron chi connectivity index (χ3n) is 5.29. The van der Waals surface area contributed by atoms with Gasteiger partial charge in [-0.1, -0.05) is 5.57 Å². The molecule has 33 heavy (non-hydrogen) atoms. The van der Waals surface area contributed by atoms with Crippen LogP contribution in [0.5, 0.6) is 0 Å². The highest BCUT2D eigenvalue weighted by atomic mass is 16.1. The Kier molecular flexibility index (Phi) is 7.22. The van der Waals surface area contributed by atoms with Crippen molar-refractivity contribution >= 4 is 29.2 Å². The smallest absolute Gasteiger partial charge is 0.252 e. The van der Waals surface area contributed by atoms with E-state index in [9.17, 15) is 9.59 Å². The van der Waals surface area contributed by atoms with Crippen LogP contribution >= 0.6 is 0 Å². The highest BCUT2D eigenvalue weighted by molar-refractivity contribution is 6.06. The van der Waals surface area contributed by atoms with Crippen molar-refractivity contribution in [3.63, 3.8) is 0 Å². The highest BCUT2D eigenvalue weighted by Crippen LogP contribution is 2.26. The molecule has 4 N–H and O–H groups in total. The summed E-state index contributed by atoms with van der Waals surface area (Å²) in [4.78, 5) is 32.7. The maximum atomic E-state index is 13.2. The summed E-state index contributed by atoms with van der Waals surface area (Å²) < 4.78 is 1.79. The molecule has 0 aliphatic heterocycles. The number of fused-ring (bicyclic) bond motifs is 1. The molecule has 0 aromatic carbocycles. The minimum Gasteiger partial charge on any atom is -0.384 e. The lowest BCUT2D eigenvalue weighted by molar-refractivity contribution is -0.108. The monoisotopic (exact) mass is 447 g/mol. The first-order valence-corrected chi connectivity index (χ1v) is 10.6. The van der Waals surface area contributed by atoms with Crippen molar-refractivity contribution in [2.45, 2.75) is 40.7 Å². The van der Waals surface area contributed by atoms with Crippen LogP contribution in [-0.2, 0) is 4.79 Å². The quantitative estimate of drug-likeness (QED) is 0.359. The van der Waals surface area contributed by atoms with Crippen LogP contribution in [-0.4, -0.2) is 38.6 Å². The zero-order valence-corrected chi connectivity index (χ0v) is 19.5. The lowest BCUT2D eigenvalue weighted by atomic mass is 10.1. The first-order valence-electron chi connectivity index (χ1n) is 10.6. The summed E-state index contributed by atoms with van der Waals surface area (Å²) in [6.45, 7) is 10.0. The molecule has 9 nitrogen and oxygen atoms in total. The second-order valence-electron chi connectivity index (χ2n) is 8.18. The third kappa shape index (κ3) is 5.43. The van der Waals surface area contributed by atoms with Crippen molar-refractivity contribution < 1.29 is 9.59 Å². The molecule has 3 aromatic rings. The van der Waals surface area contributed by atoms with Crippen LogP contribution in [0.25, 0.3) is 22.3 Å². The lowest BCUT2D eigenvalue weighted by Crippen LogP contribution is -2.26. The molecule has 3 heterocycles. The average molecular weight is 448 g/mol. The molecule has 0 aliphatic rings. The molecule has 172 valence electrons. The van der Waals surface area contributed by atoms with Gasteiger partial charge >= 0.3 is 0 Å². The summed E-state index contributed by atoms with van der Waals surface area (Å²) in [6.07, 6.45) is 5.81. The van der Waals surface area contributed by atoms with E-state index in [1.165, 1.54) is 0 Å². The molecule has 3 rings (SSSR count). The van der Waals surface area contributed by atoms with Crippen LogP contribution in [0.15, 0.2) is 53.5 Å². The van der Waals surface area contributed by atoms with E-state index in [-0.39, 0.29) is 11.9 Å². The van der Waals surface area contributed by atoms with Crippen molar-refractivity contribution in [3.05, 3.63) is 59.1 Å². The first-order chi connectivity index (χ1) is 15.7. The number of nitrogens with one attached hydrogen (secondary N) is 2. The minimum atomic E-state index is -0.228. The van der Waals surface area contributed by atoms with Gasteiger partial charge in [0.25, 0.3) is 5.91 Å². The number of hydrogen-bond acceptors (Lipinski definition) is 6. The molecule has 2 amide bonds. The van der Waals surface area contributed by atoms with E-state index in [1.54, 1.807) is 36.1 Å². The molecule has 0 atom stereocenters. The maximum Gasteiger partial charge on any atom is 0.252 e. The molecule has 3 aromatic heterocycles. The van der Waals surface area contributed by atoms with E-state index in [4.69, 9.17) is 10.7 Å². The van der Waals surface area contributed by atoms with Crippen molar-refractivity contribution in [2.24, 2.45) is 0 Å². The van der Waals surface area contributed by atoms with Crippen LogP contribution in [0.3, 0.4) is 0 Å². The van der Waals surface area contributed by atoms with Crippen molar-refractivity contribution in [1.82, 2.24) is 30.4 Å². The first kappa shape index (κ1) is 23.6. The normalized spacial score (nSPS) is 12.6. The van der Waals surface area contributed by atoms with E-state index in [1.807, 2.05) is 39.8 Å². The number of allylic oxidation sites excluding steroid dienone is 3. The van der Waals surface area contributed by atoms with Gasteiger partial charge in [-0.15, -0.1) is 0 Å². The number of nitrogens with zero attached hydrogens (tertiary/aromatic N) is 4. The number of hydrogen-bond donors (Lipinski definition) is 3. The summed E-state index contributed by atoms with van der Waals surface area (Å²) in [5.41, 5.74) is 10.9. The molecule has 0 unspecified atom stereocenters. The van der Waals surface area contributed by atoms with Crippen molar-refractivity contribution in [2.75, 3.05) is 12.3 Å². The van der Waals surface area contributed by atoms with Gasteiger partial charge in [-0.2, -0.15) is 5.10 Å². The lowest BCUT2D eigenvalue weighted by Gasteiger charge is -2.12. The second-order valence-corrected chi connectivity index (χ2v) is 8.18. The molecular formula is C24H29N7O2. The van der Waals surface area contributed by atoms with Gasteiger partial charge in [-0.05, 0) is 64.5 Å². The highest BCUT2D eigenvalue weighted by Gasteiger charge is 2.18. The van der Waals surface area contributed by atoms with E-state index in [2.05, 4.69) is 20.7 Å². The van der Waals surface area contributed by atoms with E-state index < -0.39 is 0 Å². The standard InChI is InChI=1S/C24H29N7O2/c1-14(2)31-23-20(12-29-31)19(9-21(30-23)18-6-7-22(25)26-11-18)24(33)27-10-16(4)15(3)8-17(5)28-13-32/h6-9,11-14H,10H2,1-5H3,(H2,25,26)(H,27,33)(H,28,32)/b16-15+,17-8-. The SMILES string of the molecule is C/C(=C/C(C)=C(\C)CNC(=O)c1cc(-c2ccc(N)nc2)nc2c1cnn2C(C)C)NC=O. The van der Waals surface area contributed by atoms with Gasteiger partial charge in [0, 0.05) is 30.0 Å². The summed E-state index contributed by atoms with van der Waals surface area (Å²) in [6, 6.07) is 5.36. The Morgan fingerprint density at radius 1 is 1.21 bits per heavy atom. The largest absolute Gasteiger partial charge is 0.384 e. The van der Waals surface area contributed by atoms with E-state index in [0.717, 1.165) is 22.4 Å². The number of pyridine rings is 2. The van der Waals surface area contributed by atoms with E-state index in [0.29, 0.717) is 41.1 Å². The van der Waals surface area contributed by atoms with E-state index >= 15 is 0 Å². The zero-order valence-electron chi connectivity index (χ0n) is 19.5. The van der Waals surface area contributed by atoms with Crippen LogP contribution in [0, 0.1) is 0 Å². The van der Waals surface area contributed by atoms with Gasteiger partial charge in [0.1, 0.15) is 5.82 Å². The zero-order chi connectivity index (χ0) is 24.1. The number of nitrogen functional groups attached to an aromatic ring is 1. The Labute approximate surface area is 192 Å². The average Bonchev–Trinajstić information content (AvgIpc) is 3.21. The predicted molar refractivity (Wildman–Crippen MR) is 129 cm³/mol. The summed E-state index contributed by atoms with van der Waals surface area (Å²) in [5, 5.41) is 10.7. The molecule has 0 aliphatic carbocycles. The Hall–Kier alpha value is -4.01. The van der Waals surface area contributed by atoms with Gasteiger partial charge < -0.3 is 16.4 Å². The van der Waals surface area contributed by atoms with Crippen molar-refractivity contribution in [1.29, 1.82) is 0 Å². The summed E-state index contributed by atoms with van der Waals surface area (Å²) >= 11 is 0. The summed E-state index contributed by atoms with van der Waals surface area (Å²) in [5.74, 6) is 0.185. The topological polar surface area (TPSA) is 128 Å². The van der Waals surface area contributed by atoms with Crippen LogP contribution in [0.1, 0.15) is 51.0 Å². The minimum absolute atomic E-state index is 0.0773. The number of nitrogens with two attached hydrogens (primary N) is 1. The Bertz CT molecular complexity index is 1240. The number of rotatable bonds is 8. The Balaban J connectivity index is 1.97. The molecule has 0 saturated heterocycles. The molecule has 0 bridgehead atoms. The number of anilines is 1. The molecule has 0 fully saturated rings. The molecule has 0 spiro atoms. The Morgan fingerprint density at radius 2 is 1.97 bits per heavy atom. The van der Waals surface area contributed by atoms with Gasteiger partial charge in [0.15, 0.2) is 5.65 Å². The van der Waals surface area contributed by atoms with Crippen LogP contribution in [0.4, 0.5) is 5.82 Å². The van der Waals surface area contributed by atoms with Crippen LogP contribution < -0.4 is 16.4 Å².